The Labute approximate surface area is 37.4 Å². The molecule has 0 amide bonds. The smallest absolute Gasteiger partial charge is 0.0197 e. The average Bonchev–Trinajstić information content (AvgIpc) is 1.41. The summed E-state index contributed by atoms with van der Waals surface area (Å²) in [4.78, 5) is 0. The molecule has 0 aromatic rings. The van der Waals surface area contributed by atoms with Crippen LogP contribution in [0.4, 0.5) is 0 Å². The Morgan fingerprint density at radius 2 is 2.20 bits per heavy atom. The van der Waals surface area contributed by atoms with E-state index in [1.165, 1.54) is 0 Å². The molecule has 0 saturated heterocycles. The van der Waals surface area contributed by atoms with Crippen molar-refractivity contribution in [3.05, 3.63) is 11.9 Å². The molecule has 0 aliphatic rings. The van der Waals surface area contributed by atoms with Gasteiger partial charge in [0.25, 0.3) is 0 Å². The predicted octanol–water partition coefficient (Wildman–Crippen LogP) is 1.25. The van der Waals surface area contributed by atoms with E-state index in [1.54, 1.807) is 0 Å². The standard InChI is InChI=1S/C3H8P2/c4-2-1-3-5/h1-2H,3-5H2/b2-1+. The quantitative estimate of drug-likeness (QED) is 0.441. The highest BCUT2D eigenvalue weighted by Crippen LogP contribution is 1.85. The fourth-order valence-electron chi connectivity index (χ4n) is 0.0786. The van der Waals surface area contributed by atoms with Crippen LogP contribution in [0, 0.1) is 0 Å². The topological polar surface area (TPSA) is 0 Å². The fourth-order valence-corrected chi connectivity index (χ4v) is 0.707. The van der Waals surface area contributed by atoms with Crippen molar-refractivity contribution in [1.29, 1.82) is 0 Å². The Balaban J connectivity index is 2.62. The first kappa shape index (κ1) is 5.60. The monoisotopic (exact) mass is 106 g/mol. The summed E-state index contributed by atoms with van der Waals surface area (Å²) in [5, 5.41) is 0. The van der Waals surface area contributed by atoms with E-state index >= 15 is 0 Å². The molecular formula is C3H8P2. The lowest BCUT2D eigenvalue weighted by Gasteiger charge is -1.65. The second-order valence-corrected chi connectivity index (χ2v) is 1.52. The first-order valence-electron chi connectivity index (χ1n) is 1.48. The van der Waals surface area contributed by atoms with E-state index in [0.717, 1.165) is 6.16 Å². The van der Waals surface area contributed by atoms with Crippen molar-refractivity contribution in [3.63, 3.8) is 0 Å². The van der Waals surface area contributed by atoms with Gasteiger partial charge in [-0.15, -0.1) is 18.5 Å². The molecule has 0 aliphatic heterocycles. The van der Waals surface area contributed by atoms with Gasteiger partial charge < -0.3 is 0 Å². The summed E-state index contributed by atoms with van der Waals surface area (Å²) in [6, 6.07) is 0. The van der Waals surface area contributed by atoms with Gasteiger partial charge in [-0.25, -0.2) is 0 Å². The van der Waals surface area contributed by atoms with Gasteiger partial charge in [-0.1, -0.05) is 11.9 Å². The van der Waals surface area contributed by atoms with Crippen LogP contribution in [0.5, 0.6) is 0 Å². The Bertz CT molecular complexity index is 31.9. The highest BCUT2D eigenvalue weighted by molar-refractivity contribution is 7.21. The van der Waals surface area contributed by atoms with Crippen LogP contribution in [0.15, 0.2) is 11.9 Å². The number of hydrogen-bond donors (Lipinski definition) is 0. The highest BCUT2D eigenvalue weighted by Gasteiger charge is 1.52. The second kappa shape index (κ2) is 4.60. The third-order valence-corrected chi connectivity index (χ3v) is 0.816. The van der Waals surface area contributed by atoms with Crippen molar-refractivity contribution in [3.8, 4) is 0 Å². The summed E-state index contributed by atoms with van der Waals surface area (Å²) in [7, 11) is 5.11. The van der Waals surface area contributed by atoms with Crippen LogP contribution in [-0.2, 0) is 0 Å². The Kier molecular flexibility index (Phi) is 5.15. The van der Waals surface area contributed by atoms with Crippen molar-refractivity contribution in [1.82, 2.24) is 0 Å². The van der Waals surface area contributed by atoms with Crippen LogP contribution in [0.25, 0.3) is 0 Å². The highest BCUT2D eigenvalue weighted by atomic mass is 31.0. The molecule has 0 saturated carbocycles. The van der Waals surface area contributed by atoms with Crippen LogP contribution in [0.1, 0.15) is 0 Å². The maximum Gasteiger partial charge on any atom is -0.0197 e. The van der Waals surface area contributed by atoms with Gasteiger partial charge in [0, 0.05) is 0 Å². The minimum absolute atomic E-state index is 1.06. The normalized spacial score (nSPS) is 10.0. The average molecular weight is 106 g/mol. The van der Waals surface area contributed by atoms with Gasteiger partial charge in [-0.05, 0) is 6.16 Å². The SMILES string of the molecule is P/C=C/CP. The molecule has 2 atom stereocenters. The van der Waals surface area contributed by atoms with Crippen LogP contribution in [0.2, 0.25) is 0 Å². The fraction of sp³-hybridized carbons (Fsp3) is 0.333. The molecule has 0 heterocycles. The van der Waals surface area contributed by atoms with Crippen LogP contribution >= 0.6 is 18.5 Å². The minimum atomic E-state index is 1.06. The zero-order chi connectivity index (χ0) is 4.12. The molecule has 0 aromatic carbocycles. The molecule has 0 aliphatic carbocycles. The van der Waals surface area contributed by atoms with Crippen molar-refractivity contribution < 1.29 is 0 Å². The largest absolute Gasteiger partial charge is 0.134 e. The molecule has 0 nitrogen and oxygen atoms in total. The van der Waals surface area contributed by atoms with Crippen molar-refractivity contribution in [2.24, 2.45) is 0 Å². The second-order valence-electron chi connectivity index (χ2n) is 0.664. The number of allylic oxidation sites excluding steroid dienone is 1. The summed E-state index contributed by atoms with van der Waals surface area (Å²) in [6.07, 6.45) is 3.11. The van der Waals surface area contributed by atoms with Gasteiger partial charge in [-0.3, -0.25) is 0 Å². The summed E-state index contributed by atoms with van der Waals surface area (Å²) in [5.74, 6) is 1.95. The molecule has 0 fully saturated rings. The van der Waals surface area contributed by atoms with Gasteiger partial charge in [0.2, 0.25) is 0 Å². The van der Waals surface area contributed by atoms with E-state index in [9.17, 15) is 0 Å². The summed E-state index contributed by atoms with van der Waals surface area (Å²) >= 11 is 0. The van der Waals surface area contributed by atoms with E-state index in [1.807, 2.05) is 5.82 Å². The first-order valence-corrected chi connectivity index (χ1v) is 2.97. The summed E-state index contributed by atoms with van der Waals surface area (Å²) in [5.41, 5.74) is 0. The van der Waals surface area contributed by atoms with Crippen molar-refractivity contribution in [2.45, 2.75) is 0 Å². The maximum absolute atomic E-state index is 2.60. The van der Waals surface area contributed by atoms with E-state index in [0.29, 0.717) is 0 Å². The molecule has 2 heteroatoms. The van der Waals surface area contributed by atoms with Crippen LogP contribution in [0.3, 0.4) is 0 Å². The lowest BCUT2D eigenvalue weighted by molar-refractivity contribution is 1.82. The molecule has 0 rings (SSSR count). The zero-order valence-electron chi connectivity index (χ0n) is 3.02. The molecule has 0 spiro atoms. The van der Waals surface area contributed by atoms with Gasteiger partial charge in [0.15, 0.2) is 0 Å². The van der Waals surface area contributed by atoms with Crippen LogP contribution in [-0.4, -0.2) is 6.16 Å². The third-order valence-electron chi connectivity index (χ3n) is 0.272. The Morgan fingerprint density at radius 1 is 1.60 bits per heavy atom. The van der Waals surface area contributed by atoms with Crippen molar-refractivity contribution in [2.75, 3.05) is 6.16 Å². The van der Waals surface area contributed by atoms with E-state index < -0.39 is 0 Å². The predicted molar refractivity (Wildman–Crippen MR) is 33.4 cm³/mol. The first-order chi connectivity index (χ1) is 2.41. The van der Waals surface area contributed by atoms with Gasteiger partial charge in [-0.2, -0.15) is 0 Å². The van der Waals surface area contributed by atoms with Gasteiger partial charge in [0.1, 0.15) is 0 Å². The Morgan fingerprint density at radius 3 is 2.20 bits per heavy atom. The minimum Gasteiger partial charge on any atom is -0.134 e. The molecule has 2 unspecified atom stereocenters. The lowest BCUT2D eigenvalue weighted by atomic mass is 10.8. The summed E-state index contributed by atoms with van der Waals surface area (Å²) in [6.45, 7) is 0. The lowest BCUT2D eigenvalue weighted by Crippen LogP contribution is -1.47. The van der Waals surface area contributed by atoms with Gasteiger partial charge in [0.05, 0.1) is 0 Å². The molecule has 0 N–H and O–H groups in total. The molecule has 0 aromatic heterocycles. The van der Waals surface area contributed by atoms with E-state index in [-0.39, 0.29) is 0 Å². The van der Waals surface area contributed by atoms with E-state index in [4.69, 9.17) is 0 Å². The third kappa shape index (κ3) is 4.60. The van der Waals surface area contributed by atoms with Crippen LogP contribution < -0.4 is 0 Å². The maximum atomic E-state index is 2.60. The molecule has 0 radical (unpaired) electrons. The zero-order valence-corrected chi connectivity index (χ0v) is 5.33. The molecule has 0 bridgehead atoms. The molecule has 30 valence electrons. The number of hydrogen-bond acceptors (Lipinski definition) is 0. The molecular weight excluding hydrogens is 98.0 g/mol. The molecule has 5 heavy (non-hydrogen) atoms. The Hall–Kier alpha value is 0.600. The summed E-state index contributed by atoms with van der Waals surface area (Å²) < 4.78 is 0. The van der Waals surface area contributed by atoms with Gasteiger partial charge >= 0.3 is 0 Å². The number of rotatable bonds is 1. The van der Waals surface area contributed by atoms with Crippen molar-refractivity contribution >= 4 is 18.5 Å². The van der Waals surface area contributed by atoms with E-state index in [2.05, 4.69) is 24.6 Å².